The van der Waals surface area contributed by atoms with Crippen molar-refractivity contribution in [2.45, 2.75) is 11.8 Å². The van der Waals surface area contributed by atoms with E-state index in [1.165, 1.54) is 12.4 Å². The van der Waals surface area contributed by atoms with Gasteiger partial charge in [-0.15, -0.1) is 0 Å². The zero-order chi connectivity index (χ0) is 15.0. The van der Waals surface area contributed by atoms with Crippen LogP contribution in [0.4, 0.5) is 5.69 Å². The van der Waals surface area contributed by atoms with Gasteiger partial charge in [-0.3, -0.25) is 0 Å². The van der Waals surface area contributed by atoms with Gasteiger partial charge >= 0.3 is 0 Å². The molecule has 21 heavy (non-hydrogen) atoms. The van der Waals surface area contributed by atoms with Gasteiger partial charge in [0.15, 0.2) is 5.65 Å². The summed E-state index contributed by atoms with van der Waals surface area (Å²) < 4.78 is 26.4. The summed E-state index contributed by atoms with van der Waals surface area (Å²) in [6, 6.07) is 9.92. The first-order valence-electron chi connectivity index (χ1n) is 6.19. The van der Waals surface area contributed by atoms with Crippen molar-refractivity contribution >= 4 is 26.7 Å². The van der Waals surface area contributed by atoms with E-state index in [4.69, 9.17) is 6.57 Å². The normalized spacial score (nSPS) is 11.4. The molecule has 0 aliphatic heterocycles. The first-order valence-corrected chi connectivity index (χ1v) is 7.63. The Labute approximate surface area is 122 Å². The SMILES string of the molecule is [C-]#[N+]c1cnc2c(ccn2S(=O)(=O)c2ccc(C)cc2)c1. The Bertz CT molecular complexity index is 964. The highest BCUT2D eigenvalue weighted by Gasteiger charge is 2.19. The molecule has 2 heterocycles. The summed E-state index contributed by atoms with van der Waals surface area (Å²) in [4.78, 5) is 7.59. The van der Waals surface area contributed by atoms with Gasteiger partial charge in [0.1, 0.15) is 0 Å². The predicted octanol–water partition coefficient (Wildman–Crippen LogP) is 3.13. The lowest BCUT2D eigenvalue weighted by Crippen LogP contribution is -2.12. The first-order chi connectivity index (χ1) is 10.0. The quantitative estimate of drug-likeness (QED) is 0.683. The first kappa shape index (κ1) is 13.3. The zero-order valence-electron chi connectivity index (χ0n) is 11.2. The van der Waals surface area contributed by atoms with Crippen LogP contribution in [0, 0.1) is 13.5 Å². The van der Waals surface area contributed by atoms with Crippen LogP contribution in [0.15, 0.2) is 53.7 Å². The van der Waals surface area contributed by atoms with Gasteiger partial charge < -0.3 is 0 Å². The molecule has 0 radical (unpaired) electrons. The van der Waals surface area contributed by atoms with Crippen LogP contribution in [0.3, 0.4) is 0 Å². The highest BCUT2D eigenvalue weighted by molar-refractivity contribution is 7.90. The molecule has 5 nitrogen and oxygen atoms in total. The van der Waals surface area contributed by atoms with E-state index in [-0.39, 0.29) is 4.90 Å². The number of nitrogens with zero attached hydrogens (tertiary/aromatic N) is 3. The average molecular weight is 297 g/mol. The van der Waals surface area contributed by atoms with Crippen LogP contribution < -0.4 is 0 Å². The second-order valence-corrected chi connectivity index (χ2v) is 6.46. The second kappa shape index (κ2) is 4.72. The van der Waals surface area contributed by atoms with E-state index in [2.05, 4.69) is 9.83 Å². The Balaban J connectivity index is 2.20. The molecule has 0 atom stereocenters. The number of aryl methyl sites for hydroxylation is 1. The molecule has 0 bridgehead atoms. The number of hydrogen-bond acceptors (Lipinski definition) is 3. The van der Waals surface area contributed by atoms with E-state index in [1.807, 2.05) is 6.92 Å². The molecule has 3 aromatic rings. The summed E-state index contributed by atoms with van der Waals surface area (Å²) in [7, 11) is -3.68. The molecular weight excluding hydrogens is 286 g/mol. The van der Waals surface area contributed by atoms with Crippen molar-refractivity contribution in [1.82, 2.24) is 8.96 Å². The largest absolute Gasteiger partial charge is 0.269 e. The van der Waals surface area contributed by atoms with Gasteiger partial charge in [0.25, 0.3) is 10.0 Å². The van der Waals surface area contributed by atoms with Crippen LogP contribution in [0.2, 0.25) is 0 Å². The van der Waals surface area contributed by atoms with Gasteiger partial charge in [-0.1, -0.05) is 17.7 Å². The minimum Gasteiger partial charge on any atom is -0.249 e. The molecule has 0 spiro atoms. The van der Waals surface area contributed by atoms with E-state index < -0.39 is 10.0 Å². The van der Waals surface area contributed by atoms with Crippen molar-refractivity contribution in [3.8, 4) is 0 Å². The maximum absolute atomic E-state index is 12.6. The summed E-state index contributed by atoms with van der Waals surface area (Å²) in [6.07, 6.45) is 2.83. The second-order valence-electron chi connectivity index (χ2n) is 4.65. The number of pyridine rings is 1. The average Bonchev–Trinajstić information content (AvgIpc) is 2.91. The van der Waals surface area contributed by atoms with Crippen molar-refractivity contribution in [2.24, 2.45) is 0 Å². The molecule has 3 rings (SSSR count). The van der Waals surface area contributed by atoms with Crippen molar-refractivity contribution < 1.29 is 8.42 Å². The lowest BCUT2D eigenvalue weighted by atomic mass is 10.2. The van der Waals surface area contributed by atoms with Crippen LogP contribution >= 0.6 is 0 Å². The summed E-state index contributed by atoms with van der Waals surface area (Å²) in [5.74, 6) is 0. The summed E-state index contributed by atoms with van der Waals surface area (Å²) in [5, 5.41) is 0.624. The molecule has 0 saturated carbocycles. The van der Waals surface area contributed by atoms with Crippen LogP contribution in [-0.4, -0.2) is 17.4 Å². The molecule has 1 aromatic carbocycles. The van der Waals surface area contributed by atoms with E-state index in [0.29, 0.717) is 16.7 Å². The van der Waals surface area contributed by atoms with Gasteiger partial charge in [0.05, 0.1) is 11.5 Å². The van der Waals surface area contributed by atoms with E-state index in [9.17, 15) is 8.42 Å². The highest BCUT2D eigenvalue weighted by atomic mass is 32.2. The number of rotatable bonds is 2. The molecule has 6 heteroatoms. The maximum Gasteiger partial charge on any atom is 0.269 e. The van der Waals surface area contributed by atoms with E-state index in [1.54, 1.807) is 36.4 Å². The fourth-order valence-electron chi connectivity index (χ4n) is 2.07. The molecule has 2 aromatic heterocycles. The maximum atomic E-state index is 12.6. The van der Waals surface area contributed by atoms with Gasteiger partial charge in [-0.05, 0) is 31.2 Å². The van der Waals surface area contributed by atoms with Crippen LogP contribution in [-0.2, 0) is 10.0 Å². The zero-order valence-corrected chi connectivity index (χ0v) is 12.0. The Hall–Kier alpha value is -2.65. The Kier molecular flexibility index (Phi) is 3.00. The molecule has 0 N–H and O–H groups in total. The monoisotopic (exact) mass is 297 g/mol. The smallest absolute Gasteiger partial charge is 0.249 e. The number of benzene rings is 1. The van der Waals surface area contributed by atoms with Gasteiger partial charge in [0, 0.05) is 17.8 Å². The molecule has 0 aliphatic carbocycles. The number of hydrogen-bond donors (Lipinski definition) is 0. The molecular formula is C15H11N3O2S. The summed E-state index contributed by atoms with van der Waals surface area (Å²) in [6.45, 7) is 8.86. The standard InChI is InChI=1S/C15H11N3O2S/c1-11-3-5-14(6-4-11)21(19,20)18-8-7-12-9-13(16-2)10-17-15(12)18/h3-10H,1H3. The summed E-state index contributed by atoms with van der Waals surface area (Å²) >= 11 is 0. The molecule has 104 valence electrons. The van der Waals surface area contributed by atoms with E-state index in [0.717, 1.165) is 9.54 Å². The van der Waals surface area contributed by atoms with Crippen molar-refractivity contribution in [3.63, 3.8) is 0 Å². The lowest BCUT2D eigenvalue weighted by Gasteiger charge is -2.07. The Morgan fingerprint density at radius 1 is 1.19 bits per heavy atom. The fourth-order valence-corrected chi connectivity index (χ4v) is 3.38. The third-order valence-corrected chi connectivity index (χ3v) is 4.87. The third kappa shape index (κ3) is 2.18. The third-order valence-electron chi connectivity index (χ3n) is 3.19. The van der Waals surface area contributed by atoms with Crippen molar-refractivity contribution in [2.75, 3.05) is 0 Å². The van der Waals surface area contributed by atoms with E-state index >= 15 is 0 Å². The van der Waals surface area contributed by atoms with Crippen LogP contribution in [0.25, 0.3) is 15.9 Å². The Morgan fingerprint density at radius 2 is 1.90 bits per heavy atom. The molecule has 0 unspecified atom stereocenters. The molecule has 0 saturated heterocycles. The minimum absolute atomic E-state index is 0.210. The van der Waals surface area contributed by atoms with Gasteiger partial charge in [0.2, 0.25) is 5.69 Å². The fraction of sp³-hybridized carbons (Fsp3) is 0.0667. The molecule has 0 aliphatic rings. The number of fused-ring (bicyclic) bond motifs is 1. The predicted molar refractivity (Wildman–Crippen MR) is 79.8 cm³/mol. The van der Waals surface area contributed by atoms with Crippen molar-refractivity contribution in [1.29, 1.82) is 0 Å². The minimum atomic E-state index is -3.68. The van der Waals surface area contributed by atoms with Gasteiger partial charge in [-0.2, -0.15) is 0 Å². The van der Waals surface area contributed by atoms with Gasteiger partial charge in [-0.25, -0.2) is 22.2 Å². The lowest BCUT2D eigenvalue weighted by molar-refractivity contribution is 0.588. The molecule has 0 fully saturated rings. The topological polar surface area (TPSA) is 56.3 Å². The van der Waals surface area contributed by atoms with Crippen LogP contribution in [0.5, 0.6) is 0 Å². The number of aromatic nitrogens is 2. The Morgan fingerprint density at radius 3 is 2.57 bits per heavy atom. The molecule has 0 amide bonds. The van der Waals surface area contributed by atoms with Crippen LogP contribution in [0.1, 0.15) is 5.56 Å². The summed E-state index contributed by atoms with van der Waals surface area (Å²) in [5.41, 5.74) is 1.70. The highest BCUT2D eigenvalue weighted by Crippen LogP contribution is 2.24. The van der Waals surface area contributed by atoms with Crippen molar-refractivity contribution in [3.05, 3.63) is 65.8 Å².